The minimum absolute atomic E-state index is 0.176. The van der Waals surface area contributed by atoms with Crippen molar-refractivity contribution in [3.05, 3.63) is 35.9 Å². The van der Waals surface area contributed by atoms with Crippen LogP contribution in [0.5, 0.6) is 5.75 Å². The summed E-state index contributed by atoms with van der Waals surface area (Å²) in [5.41, 5.74) is 2.11. The van der Waals surface area contributed by atoms with Crippen molar-refractivity contribution in [2.75, 3.05) is 0 Å². The topological polar surface area (TPSA) is 26.3 Å². The Hall–Kier alpha value is -1.35. The minimum Gasteiger partial charge on any atom is -0.543 e. The van der Waals surface area contributed by atoms with Crippen molar-refractivity contribution in [2.45, 2.75) is 52.2 Å². The van der Waals surface area contributed by atoms with Crippen molar-refractivity contribution >= 4 is 20.2 Å². The third-order valence-electron chi connectivity index (χ3n) is 4.03. The smallest absolute Gasteiger partial charge is 0.250 e. The predicted octanol–water partition coefficient (Wildman–Crippen LogP) is 5.06. The third-order valence-corrected chi connectivity index (χ3v) is 8.39. The number of hydrogen-bond donors (Lipinski definition) is 0. The lowest BCUT2D eigenvalue weighted by Crippen LogP contribution is -2.43. The van der Waals surface area contributed by atoms with E-state index in [-0.39, 0.29) is 5.04 Å². The van der Waals surface area contributed by atoms with E-state index in [9.17, 15) is 4.79 Å². The van der Waals surface area contributed by atoms with E-state index in [0.717, 1.165) is 29.6 Å². The maximum absolute atomic E-state index is 10.7. The molecule has 0 aliphatic heterocycles. The number of aldehydes is 1. The highest BCUT2D eigenvalue weighted by Gasteiger charge is 2.38. The number of allylic oxidation sites excluding steroid dienone is 2. The summed E-state index contributed by atoms with van der Waals surface area (Å²) in [7, 11) is -1.82. The van der Waals surface area contributed by atoms with Crippen LogP contribution in [0, 0.1) is 0 Å². The second kappa shape index (κ2) is 6.40. The molecule has 110 valence electrons. The molecule has 1 rings (SSSR count). The van der Waals surface area contributed by atoms with Crippen LogP contribution in [0.4, 0.5) is 0 Å². The van der Waals surface area contributed by atoms with E-state index in [0.29, 0.717) is 0 Å². The van der Waals surface area contributed by atoms with Crippen molar-refractivity contribution in [3.63, 3.8) is 0 Å². The Balaban J connectivity index is 3.06. The van der Waals surface area contributed by atoms with Crippen molar-refractivity contribution in [1.82, 2.24) is 0 Å². The maximum Gasteiger partial charge on any atom is 0.250 e. The fourth-order valence-electron chi connectivity index (χ4n) is 1.71. The molecule has 0 spiro atoms. The molecule has 0 bridgehead atoms. The first-order chi connectivity index (χ1) is 9.21. The largest absolute Gasteiger partial charge is 0.543 e. The second-order valence-corrected chi connectivity index (χ2v) is 11.3. The molecule has 0 aromatic heterocycles. The Kier molecular flexibility index (Phi) is 5.34. The molecule has 3 heteroatoms. The van der Waals surface area contributed by atoms with Gasteiger partial charge in [-0.25, -0.2) is 0 Å². The molecule has 2 nitrogen and oxygen atoms in total. The van der Waals surface area contributed by atoms with Crippen LogP contribution in [0.3, 0.4) is 0 Å². The van der Waals surface area contributed by atoms with Gasteiger partial charge < -0.3 is 4.43 Å². The first-order valence-corrected chi connectivity index (χ1v) is 10.1. The fraction of sp³-hybridized carbons (Fsp3) is 0.471. The Labute approximate surface area is 124 Å². The molecule has 0 unspecified atom stereocenters. The van der Waals surface area contributed by atoms with Gasteiger partial charge in [-0.05, 0) is 53.9 Å². The molecule has 0 aliphatic rings. The van der Waals surface area contributed by atoms with Crippen LogP contribution in [0.2, 0.25) is 18.1 Å². The number of rotatable bonds is 5. The highest BCUT2D eigenvalue weighted by atomic mass is 28.4. The average Bonchev–Trinajstić information content (AvgIpc) is 2.34. The Morgan fingerprint density at radius 1 is 1.30 bits per heavy atom. The molecule has 0 heterocycles. The molecule has 1 aromatic carbocycles. The number of carbonyl (C=O) groups is 1. The second-order valence-electron chi connectivity index (χ2n) is 6.57. The summed E-state index contributed by atoms with van der Waals surface area (Å²) < 4.78 is 6.30. The Bertz CT molecular complexity index is 496. The van der Waals surface area contributed by atoms with Gasteiger partial charge in [-0.2, -0.15) is 0 Å². The van der Waals surface area contributed by atoms with E-state index in [2.05, 4.69) is 40.8 Å². The molecular weight excluding hydrogens is 264 g/mol. The van der Waals surface area contributed by atoms with Crippen LogP contribution in [0.25, 0.3) is 5.57 Å². The summed E-state index contributed by atoms with van der Waals surface area (Å²) in [4.78, 5) is 10.7. The number of hydrogen-bond acceptors (Lipinski definition) is 2. The summed E-state index contributed by atoms with van der Waals surface area (Å²) in [6, 6.07) is 8.06. The number of benzene rings is 1. The van der Waals surface area contributed by atoms with Gasteiger partial charge in [0, 0.05) is 0 Å². The van der Waals surface area contributed by atoms with Crippen molar-refractivity contribution in [2.24, 2.45) is 0 Å². The Morgan fingerprint density at radius 3 is 2.45 bits per heavy atom. The lowest BCUT2D eigenvalue weighted by atomic mass is 10.0. The van der Waals surface area contributed by atoms with Gasteiger partial charge >= 0.3 is 0 Å². The standard InChI is InChI=1S/C17H26O2Si/c1-7-14(11-12-18)15-9-8-10-16(13-15)19-20(5,6)17(2,3)4/h8-13H,7H2,1-6H3. The van der Waals surface area contributed by atoms with Crippen LogP contribution in [0.15, 0.2) is 30.3 Å². The normalized spacial score (nSPS) is 13.2. The third kappa shape index (κ3) is 4.07. The maximum atomic E-state index is 10.7. The van der Waals surface area contributed by atoms with Gasteiger partial charge in [0.15, 0.2) is 0 Å². The lowest BCUT2D eigenvalue weighted by molar-refractivity contribution is -0.104. The van der Waals surface area contributed by atoms with Gasteiger partial charge in [0.25, 0.3) is 0 Å². The highest BCUT2D eigenvalue weighted by molar-refractivity contribution is 6.74. The van der Waals surface area contributed by atoms with Crippen LogP contribution < -0.4 is 4.43 Å². The molecule has 1 aromatic rings. The monoisotopic (exact) mass is 290 g/mol. The van der Waals surface area contributed by atoms with E-state index in [1.165, 1.54) is 0 Å². The Morgan fingerprint density at radius 2 is 1.95 bits per heavy atom. The minimum atomic E-state index is -1.82. The zero-order valence-electron chi connectivity index (χ0n) is 13.5. The van der Waals surface area contributed by atoms with Crippen LogP contribution in [-0.2, 0) is 4.79 Å². The number of carbonyl (C=O) groups excluding carboxylic acids is 1. The summed E-state index contributed by atoms with van der Waals surface area (Å²) in [5, 5.41) is 0.176. The van der Waals surface area contributed by atoms with Gasteiger partial charge in [0.2, 0.25) is 8.32 Å². The van der Waals surface area contributed by atoms with E-state index < -0.39 is 8.32 Å². The molecule has 0 saturated carbocycles. The van der Waals surface area contributed by atoms with Gasteiger partial charge in [-0.3, -0.25) is 4.79 Å². The predicted molar refractivity (Wildman–Crippen MR) is 88.6 cm³/mol. The molecule has 0 fully saturated rings. The van der Waals surface area contributed by atoms with E-state index >= 15 is 0 Å². The molecule has 0 saturated heterocycles. The van der Waals surface area contributed by atoms with Gasteiger partial charge in [-0.15, -0.1) is 0 Å². The summed E-state index contributed by atoms with van der Waals surface area (Å²) in [6.07, 6.45) is 3.31. The summed E-state index contributed by atoms with van der Waals surface area (Å²) >= 11 is 0. The molecule has 20 heavy (non-hydrogen) atoms. The quantitative estimate of drug-likeness (QED) is 0.430. The zero-order chi connectivity index (χ0) is 15.4. The van der Waals surface area contributed by atoms with E-state index in [1.807, 2.05) is 24.3 Å². The lowest BCUT2D eigenvalue weighted by Gasteiger charge is -2.36. The van der Waals surface area contributed by atoms with Crippen LogP contribution in [0.1, 0.15) is 39.7 Å². The highest BCUT2D eigenvalue weighted by Crippen LogP contribution is 2.37. The SMILES string of the molecule is CCC(=CC=O)c1cccc(O[Si](C)(C)C(C)(C)C)c1. The van der Waals surface area contributed by atoms with Gasteiger partial charge in [0.1, 0.15) is 12.0 Å². The molecule has 0 aliphatic carbocycles. The molecule has 0 N–H and O–H groups in total. The van der Waals surface area contributed by atoms with E-state index in [1.54, 1.807) is 6.08 Å². The van der Waals surface area contributed by atoms with Crippen molar-refractivity contribution in [1.29, 1.82) is 0 Å². The fourth-order valence-corrected chi connectivity index (χ4v) is 2.73. The van der Waals surface area contributed by atoms with Gasteiger partial charge in [-0.1, -0.05) is 39.8 Å². The summed E-state index contributed by atoms with van der Waals surface area (Å²) in [6.45, 7) is 13.2. The van der Waals surface area contributed by atoms with Crippen molar-refractivity contribution < 1.29 is 9.22 Å². The molecule has 0 atom stereocenters. The molecule has 0 radical (unpaired) electrons. The molecule has 0 amide bonds. The van der Waals surface area contributed by atoms with Crippen LogP contribution >= 0.6 is 0 Å². The zero-order valence-corrected chi connectivity index (χ0v) is 14.5. The first-order valence-electron chi connectivity index (χ1n) is 7.15. The first kappa shape index (κ1) is 16.7. The molecular formula is C17H26O2Si. The van der Waals surface area contributed by atoms with E-state index in [4.69, 9.17) is 4.43 Å². The van der Waals surface area contributed by atoms with Crippen LogP contribution in [-0.4, -0.2) is 14.6 Å². The summed E-state index contributed by atoms with van der Waals surface area (Å²) in [5.74, 6) is 0.902. The average molecular weight is 290 g/mol. The van der Waals surface area contributed by atoms with Gasteiger partial charge in [0.05, 0.1) is 0 Å². The van der Waals surface area contributed by atoms with Crippen molar-refractivity contribution in [3.8, 4) is 5.75 Å².